The Morgan fingerprint density at radius 1 is 1.25 bits per heavy atom. The van der Waals surface area contributed by atoms with Crippen LogP contribution in [0.5, 0.6) is 0 Å². The maximum Gasteiger partial charge on any atom is 0.227 e. The van der Waals surface area contributed by atoms with Crippen molar-refractivity contribution >= 4 is 41.7 Å². The first-order valence-electron chi connectivity index (χ1n) is 9.97. The molecule has 2 rings (SSSR count). The summed E-state index contributed by atoms with van der Waals surface area (Å²) in [6, 6.07) is 5.58. The SMILES string of the molecule is CN=C(NCCCN1CCC(C)CC1)NCCC(=O)Nc1cccc(C)n1.I. The van der Waals surface area contributed by atoms with Crippen molar-refractivity contribution in [1.82, 2.24) is 20.5 Å². The fraction of sp³-hybridized carbons (Fsp3) is 0.650. The number of halogens is 1. The summed E-state index contributed by atoms with van der Waals surface area (Å²) in [5.74, 6) is 2.15. The van der Waals surface area contributed by atoms with Crippen LogP contribution < -0.4 is 16.0 Å². The van der Waals surface area contributed by atoms with Gasteiger partial charge in [-0.15, -0.1) is 24.0 Å². The zero-order valence-electron chi connectivity index (χ0n) is 17.3. The molecule has 1 aromatic rings. The fourth-order valence-electron chi connectivity index (χ4n) is 3.13. The van der Waals surface area contributed by atoms with Crippen molar-refractivity contribution in [2.24, 2.45) is 10.9 Å². The van der Waals surface area contributed by atoms with Gasteiger partial charge in [0.15, 0.2) is 5.96 Å². The van der Waals surface area contributed by atoms with Crippen molar-refractivity contribution < 1.29 is 4.79 Å². The number of pyridine rings is 1. The number of rotatable bonds is 8. The molecule has 1 saturated heterocycles. The summed E-state index contributed by atoms with van der Waals surface area (Å²) in [6.07, 6.45) is 4.09. The minimum Gasteiger partial charge on any atom is -0.356 e. The molecular weight excluding hydrogens is 467 g/mol. The number of hydrogen-bond acceptors (Lipinski definition) is 4. The van der Waals surface area contributed by atoms with Crippen molar-refractivity contribution in [1.29, 1.82) is 0 Å². The highest BCUT2D eigenvalue weighted by Gasteiger charge is 2.14. The van der Waals surface area contributed by atoms with Gasteiger partial charge in [0.2, 0.25) is 5.91 Å². The van der Waals surface area contributed by atoms with Gasteiger partial charge in [0.05, 0.1) is 0 Å². The number of carbonyl (C=O) groups excluding carboxylic acids is 1. The molecule has 1 aliphatic rings. The maximum absolute atomic E-state index is 12.0. The van der Waals surface area contributed by atoms with E-state index < -0.39 is 0 Å². The highest BCUT2D eigenvalue weighted by molar-refractivity contribution is 14.0. The third kappa shape index (κ3) is 9.68. The summed E-state index contributed by atoms with van der Waals surface area (Å²) in [4.78, 5) is 23.0. The first-order valence-corrected chi connectivity index (χ1v) is 9.97. The van der Waals surface area contributed by atoms with Crippen LogP contribution in [0.3, 0.4) is 0 Å². The predicted molar refractivity (Wildman–Crippen MR) is 126 cm³/mol. The van der Waals surface area contributed by atoms with Gasteiger partial charge in [-0.05, 0) is 63.9 Å². The zero-order valence-corrected chi connectivity index (χ0v) is 19.7. The zero-order chi connectivity index (χ0) is 19.5. The number of carbonyl (C=O) groups is 1. The molecule has 0 aromatic carbocycles. The summed E-state index contributed by atoms with van der Waals surface area (Å²) < 4.78 is 0. The average Bonchev–Trinajstić information content (AvgIpc) is 2.65. The minimum atomic E-state index is -0.0598. The molecule has 0 spiro atoms. The number of nitrogens with one attached hydrogen (secondary N) is 3. The molecule has 8 heteroatoms. The van der Waals surface area contributed by atoms with Crippen LogP contribution in [-0.2, 0) is 4.79 Å². The normalized spacial score (nSPS) is 15.6. The highest BCUT2D eigenvalue weighted by atomic mass is 127. The molecule has 0 atom stereocenters. The predicted octanol–water partition coefficient (Wildman–Crippen LogP) is 2.62. The third-order valence-corrected chi connectivity index (χ3v) is 4.84. The van der Waals surface area contributed by atoms with E-state index in [1.54, 1.807) is 13.1 Å². The number of aryl methyl sites for hydroxylation is 1. The van der Waals surface area contributed by atoms with Crippen LogP contribution in [0.1, 0.15) is 38.3 Å². The number of guanidine groups is 1. The summed E-state index contributed by atoms with van der Waals surface area (Å²) in [5.41, 5.74) is 0.884. The van der Waals surface area contributed by atoms with Gasteiger partial charge in [-0.25, -0.2) is 4.98 Å². The van der Waals surface area contributed by atoms with Crippen molar-refractivity contribution in [3.05, 3.63) is 23.9 Å². The van der Waals surface area contributed by atoms with Gasteiger partial charge in [0.1, 0.15) is 5.82 Å². The van der Waals surface area contributed by atoms with E-state index in [1.165, 1.54) is 25.9 Å². The number of anilines is 1. The number of nitrogens with zero attached hydrogens (tertiary/aromatic N) is 3. The third-order valence-electron chi connectivity index (χ3n) is 4.84. The van der Waals surface area contributed by atoms with Crippen LogP contribution in [-0.4, -0.2) is 61.5 Å². The Balaban J connectivity index is 0.00000392. The molecule has 0 unspecified atom stereocenters. The quantitative estimate of drug-likeness (QED) is 0.221. The van der Waals surface area contributed by atoms with E-state index in [0.29, 0.717) is 18.8 Å². The first-order chi connectivity index (χ1) is 13.1. The van der Waals surface area contributed by atoms with E-state index in [0.717, 1.165) is 37.1 Å². The number of piperidine rings is 1. The number of hydrogen-bond donors (Lipinski definition) is 3. The van der Waals surface area contributed by atoms with E-state index in [4.69, 9.17) is 0 Å². The molecule has 3 N–H and O–H groups in total. The van der Waals surface area contributed by atoms with Crippen LogP contribution in [0.25, 0.3) is 0 Å². The monoisotopic (exact) mass is 502 g/mol. The number of amides is 1. The molecule has 1 fully saturated rings. The lowest BCUT2D eigenvalue weighted by Crippen LogP contribution is -2.40. The second-order valence-electron chi connectivity index (χ2n) is 7.27. The Kier molecular flexibility index (Phi) is 12.1. The van der Waals surface area contributed by atoms with Crippen LogP contribution >= 0.6 is 24.0 Å². The minimum absolute atomic E-state index is 0. The average molecular weight is 502 g/mol. The molecule has 0 aliphatic carbocycles. The van der Waals surface area contributed by atoms with Gasteiger partial charge in [-0.2, -0.15) is 0 Å². The van der Waals surface area contributed by atoms with Crippen molar-refractivity contribution in [2.75, 3.05) is 45.1 Å². The number of likely N-dealkylation sites (tertiary alicyclic amines) is 1. The fourth-order valence-corrected chi connectivity index (χ4v) is 3.13. The van der Waals surface area contributed by atoms with Crippen LogP contribution in [0, 0.1) is 12.8 Å². The van der Waals surface area contributed by atoms with Gasteiger partial charge >= 0.3 is 0 Å². The van der Waals surface area contributed by atoms with Crippen molar-refractivity contribution in [2.45, 2.75) is 39.5 Å². The second kappa shape index (κ2) is 13.7. The van der Waals surface area contributed by atoms with Crippen LogP contribution in [0.4, 0.5) is 5.82 Å². The van der Waals surface area contributed by atoms with Crippen LogP contribution in [0.2, 0.25) is 0 Å². The van der Waals surface area contributed by atoms with Crippen molar-refractivity contribution in [3.63, 3.8) is 0 Å². The van der Waals surface area contributed by atoms with E-state index in [2.05, 4.69) is 37.8 Å². The highest BCUT2D eigenvalue weighted by Crippen LogP contribution is 2.15. The van der Waals surface area contributed by atoms with Gasteiger partial charge < -0.3 is 20.9 Å². The Labute approximate surface area is 186 Å². The van der Waals surface area contributed by atoms with Crippen LogP contribution in [0.15, 0.2) is 23.2 Å². The topological polar surface area (TPSA) is 81.7 Å². The molecule has 1 aromatic heterocycles. The van der Waals surface area contributed by atoms with Gasteiger partial charge in [-0.1, -0.05) is 13.0 Å². The number of aliphatic imine (C=N–C) groups is 1. The summed E-state index contributed by atoms with van der Waals surface area (Å²) in [5, 5.41) is 9.31. The largest absolute Gasteiger partial charge is 0.356 e. The van der Waals surface area contributed by atoms with E-state index in [-0.39, 0.29) is 29.9 Å². The second-order valence-corrected chi connectivity index (χ2v) is 7.27. The Hall–Kier alpha value is -1.42. The Morgan fingerprint density at radius 3 is 2.64 bits per heavy atom. The van der Waals surface area contributed by atoms with E-state index in [9.17, 15) is 4.79 Å². The molecule has 1 aliphatic heterocycles. The van der Waals surface area contributed by atoms with E-state index >= 15 is 0 Å². The standard InChI is InChI=1S/C20H34N6O.HI/c1-16-9-14-26(15-10-16)13-5-11-22-20(21-3)23-12-8-19(27)25-18-7-4-6-17(2)24-18;/h4,6-7,16H,5,8-15H2,1-3H3,(H2,21,22,23)(H,24,25,27);1H. The molecule has 28 heavy (non-hydrogen) atoms. The van der Waals surface area contributed by atoms with Gasteiger partial charge in [0, 0.05) is 32.3 Å². The molecule has 1 amide bonds. The summed E-state index contributed by atoms with van der Waals surface area (Å²) in [7, 11) is 1.75. The molecule has 2 heterocycles. The molecule has 0 bridgehead atoms. The molecule has 0 saturated carbocycles. The number of aromatic nitrogens is 1. The van der Waals surface area contributed by atoms with Gasteiger partial charge in [-0.3, -0.25) is 9.79 Å². The lowest BCUT2D eigenvalue weighted by Gasteiger charge is -2.30. The molecule has 7 nitrogen and oxygen atoms in total. The lowest BCUT2D eigenvalue weighted by atomic mass is 9.99. The van der Waals surface area contributed by atoms with Gasteiger partial charge in [0.25, 0.3) is 0 Å². The summed E-state index contributed by atoms with van der Waals surface area (Å²) >= 11 is 0. The smallest absolute Gasteiger partial charge is 0.227 e. The van der Waals surface area contributed by atoms with E-state index in [1.807, 2.05) is 19.1 Å². The molecular formula is C20H35IN6O. The molecule has 0 radical (unpaired) electrons. The first kappa shape index (κ1) is 24.6. The Bertz CT molecular complexity index is 616. The summed E-state index contributed by atoms with van der Waals surface area (Å²) in [6.45, 7) is 9.22. The maximum atomic E-state index is 12.0. The molecule has 158 valence electrons. The lowest BCUT2D eigenvalue weighted by molar-refractivity contribution is -0.116. The van der Waals surface area contributed by atoms with Crippen molar-refractivity contribution in [3.8, 4) is 0 Å². The Morgan fingerprint density at radius 2 is 1.96 bits per heavy atom.